The van der Waals surface area contributed by atoms with Crippen molar-refractivity contribution >= 4 is 17.6 Å². The number of nitriles is 1. The van der Waals surface area contributed by atoms with E-state index in [9.17, 15) is 4.79 Å². The molecule has 0 bridgehead atoms. The molecule has 0 heterocycles. The van der Waals surface area contributed by atoms with Crippen molar-refractivity contribution in [2.45, 2.75) is 19.2 Å². The lowest BCUT2D eigenvalue weighted by Crippen LogP contribution is -2.05. The van der Waals surface area contributed by atoms with Gasteiger partial charge in [0.25, 0.3) is 0 Å². The number of rotatable bonds is 3. The van der Waals surface area contributed by atoms with Crippen LogP contribution in [-0.2, 0) is 17.1 Å². The molecular weight excluding hydrogens is 214 g/mol. The standard InChI is InChI=1S/C11H10ClNO2/c1-7-2-3-8(4-11(14)15)10(6-13)9(7)5-12/h2-3H,4-5H2,1H3,(H,14,15). The lowest BCUT2D eigenvalue weighted by molar-refractivity contribution is -0.136. The van der Waals surface area contributed by atoms with Crippen LogP contribution in [0.1, 0.15) is 22.3 Å². The molecule has 15 heavy (non-hydrogen) atoms. The Kier molecular flexibility index (Phi) is 3.70. The van der Waals surface area contributed by atoms with Crippen LogP contribution in [-0.4, -0.2) is 11.1 Å². The Balaban J connectivity index is 3.30. The predicted octanol–water partition coefficient (Wildman–Crippen LogP) is 2.23. The van der Waals surface area contributed by atoms with E-state index in [2.05, 4.69) is 0 Å². The Morgan fingerprint density at radius 2 is 2.27 bits per heavy atom. The first-order valence-corrected chi connectivity index (χ1v) is 4.92. The average Bonchev–Trinajstić information content (AvgIpc) is 2.19. The fourth-order valence-corrected chi connectivity index (χ4v) is 1.77. The van der Waals surface area contributed by atoms with Crippen LogP contribution in [0.15, 0.2) is 12.1 Å². The van der Waals surface area contributed by atoms with E-state index in [1.54, 1.807) is 12.1 Å². The molecule has 1 aromatic carbocycles. The Bertz CT molecular complexity index is 435. The summed E-state index contributed by atoms with van der Waals surface area (Å²) in [4.78, 5) is 10.6. The molecule has 0 aliphatic rings. The molecule has 78 valence electrons. The molecule has 0 saturated heterocycles. The third-order valence-electron chi connectivity index (χ3n) is 2.22. The third-order valence-corrected chi connectivity index (χ3v) is 2.49. The molecular formula is C11H10ClNO2. The van der Waals surface area contributed by atoms with Crippen molar-refractivity contribution in [2.75, 3.05) is 0 Å². The summed E-state index contributed by atoms with van der Waals surface area (Å²) in [6, 6.07) is 5.47. The number of halogens is 1. The Hall–Kier alpha value is -1.53. The van der Waals surface area contributed by atoms with Crippen molar-refractivity contribution in [1.82, 2.24) is 0 Å². The molecule has 3 nitrogen and oxygen atoms in total. The van der Waals surface area contributed by atoms with Gasteiger partial charge in [-0.1, -0.05) is 12.1 Å². The first kappa shape index (κ1) is 11.5. The van der Waals surface area contributed by atoms with Gasteiger partial charge in [0, 0.05) is 5.88 Å². The minimum atomic E-state index is -0.948. The normalized spacial score (nSPS) is 9.67. The third kappa shape index (κ3) is 2.48. The minimum absolute atomic E-state index is 0.146. The van der Waals surface area contributed by atoms with E-state index in [0.717, 1.165) is 11.1 Å². The first-order valence-electron chi connectivity index (χ1n) is 4.39. The number of alkyl halides is 1. The van der Waals surface area contributed by atoms with Gasteiger partial charge in [0.15, 0.2) is 0 Å². The zero-order valence-electron chi connectivity index (χ0n) is 8.25. The number of hydrogen-bond donors (Lipinski definition) is 1. The van der Waals surface area contributed by atoms with Crippen LogP contribution in [0.3, 0.4) is 0 Å². The summed E-state index contributed by atoms with van der Waals surface area (Å²) in [5, 5.41) is 17.6. The molecule has 4 heteroatoms. The average molecular weight is 224 g/mol. The lowest BCUT2D eigenvalue weighted by Gasteiger charge is -2.08. The molecule has 1 N–H and O–H groups in total. The van der Waals surface area contributed by atoms with Gasteiger partial charge >= 0.3 is 5.97 Å². The maximum absolute atomic E-state index is 10.6. The van der Waals surface area contributed by atoms with E-state index in [4.69, 9.17) is 22.0 Å². The SMILES string of the molecule is Cc1ccc(CC(=O)O)c(C#N)c1CCl. The van der Waals surface area contributed by atoms with Crippen molar-refractivity contribution < 1.29 is 9.90 Å². The smallest absolute Gasteiger partial charge is 0.307 e. The van der Waals surface area contributed by atoms with E-state index in [1.807, 2.05) is 13.0 Å². The van der Waals surface area contributed by atoms with E-state index in [1.165, 1.54) is 0 Å². The first-order chi connectivity index (χ1) is 7.10. The van der Waals surface area contributed by atoms with Gasteiger partial charge in [0.05, 0.1) is 18.1 Å². The van der Waals surface area contributed by atoms with Gasteiger partial charge in [-0.25, -0.2) is 0 Å². The van der Waals surface area contributed by atoms with Gasteiger partial charge in [0.2, 0.25) is 0 Å². The van der Waals surface area contributed by atoms with Gasteiger partial charge in [-0.3, -0.25) is 4.79 Å². The minimum Gasteiger partial charge on any atom is -0.481 e. The second-order valence-electron chi connectivity index (χ2n) is 3.21. The molecule has 0 radical (unpaired) electrons. The van der Waals surface area contributed by atoms with Gasteiger partial charge in [-0.15, -0.1) is 11.6 Å². The van der Waals surface area contributed by atoms with Crippen molar-refractivity contribution in [3.8, 4) is 6.07 Å². The van der Waals surface area contributed by atoms with E-state index < -0.39 is 5.97 Å². The Morgan fingerprint density at radius 3 is 2.73 bits per heavy atom. The second kappa shape index (κ2) is 4.81. The largest absolute Gasteiger partial charge is 0.481 e. The number of carboxylic acids is 1. The summed E-state index contributed by atoms with van der Waals surface area (Å²) in [6.45, 7) is 1.85. The Labute approximate surface area is 92.9 Å². The highest BCUT2D eigenvalue weighted by atomic mass is 35.5. The summed E-state index contributed by atoms with van der Waals surface area (Å²) in [7, 11) is 0. The fraction of sp³-hybridized carbons (Fsp3) is 0.273. The van der Waals surface area contributed by atoms with Crippen LogP contribution >= 0.6 is 11.6 Å². The number of hydrogen-bond acceptors (Lipinski definition) is 2. The van der Waals surface area contributed by atoms with E-state index in [0.29, 0.717) is 11.1 Å². The molecule has 0 saturated carbocycles. The number of carboxylic acid groups (broad SMARTS) is 1. The highest BCUT2D eigenvalue weighted by Crippen LogP contribution is 2.20. The molecule has 0 aliphatic heterocycles. The molecule has 0 spiro atoms. The highest BCUT2D eigenvalue weighted by Gasteiger charge is 2.12. The van der Waals surface area contributed by atoms with Crippen molar-refractivity contribution in [3.63, 3.8) is 0 Å². The van der Waals surface area contributed by atoms with Crippen molar-refractivity contribution in [3.05, 3.63) is 34.4 Å². The number of aliphatic carboxylic acids is 1. The molecule has 1 aromatic rings. The molecule has 1 rings (SSSR count). The molecule has 0 atom stereocenters. The maximum atomic E-state index is 10.6. The number of aryl methyl sites for hydroxylation is 1. The summed E-state index contributed by atoms with van der Waals surface area (Å²) in [5.74, 6) is -0.724. The molecule has 0 aromatic heterocycles. The molecule has 0 aliphatic carbocycles. The van der Waals surface area contributed by atoms with Crippen LogP contribution in [0.25, 0.3) is 0 Å². The zero-order valence-corrected chi connectivity index (χ0v) is 9.01. The second-order valence-corrected chi connectivity index (χ2v) is 3.48. The van der Waals surface area contributed by atoms with Crippen molar-refractivity contribution in [1.29, 1.82) is 5.26 Å². The van der Waals surface area contributed by atoms with Gasteiger partial charge < -0.3 is 5.11 Å². The summed E-state index contributed by atoms with van der Waals surface area (Å²) < 4.78 is 0. The van der Waals surface area contributed by atoms with E-state index >= 15 is 0 Å². The van der Waals surface area contributed by atoms with Crippen LogP contribution in [0.4, 0.5) is 0 Å². The molecule has 0 fully saturated rings. The molecule has 0 unspecified atom stereocenters. The summed E-state index contributed by atoms with van der Waals surface area (Å²) >= 11 is 5.73. The van der Waals surface area contributed by atoms with Crippen LogP contribution in [0, 0.1) is 18.3 Å². The van der Waals surface area contributed by atoms with Crippen LogP contribution in [0.2, 0.25) is 0 Å². The van der Waals surface area contributed by atoms with Crippen LogP contribution < -0.4 is 0 Å². The maximum Gasteiger partial charge on any atom is 0.307 e. The van der Waals surface area contributed by atoms with Crippen molar-refractivity contribution in [2.24, 2.45) is 0 Å². The summed E-state index contributed by atoms with van der Waals surface area (Å²) in [6.07, 6.45) is -0.146. The zero-order chi connectivity index (χ0) is 11.4. The number of carbonyl (C=O) groups is 1. The molecule has 0 amide bonds. The van der Waals surface area contributed by atoms with Gasteiger partial charge in [-0.2, -0.15) is 5.26 Å². The summed E-state index contributed by atoms with van der Waals surface area (Å²) in [5.41, 5.74) is 2.55. The predicted molar refractivity (Wildman–Crippen MR) is 56.8 cm³/mol. The number of benzene rings is 1. The quantitative estimate of drug-likeness (QED) is 0.800. The topological polar surface area (TPSA) is 61.1 Å². The lowest BCUT2D eigenvalue weighted by atomic mass is 9.97. The van der Waals surface area contributed by atoms with E-state index in [-0.39, 0.29) is 12.3 Å². The van der Waals surface area contributed by atoms with Gasteiger partial charge in [0.1, 0.15) is 0 Å². The fourth-order valence-electron chi connectivity index (χ4n) is 1.42. The number of nitrogens with zero attached hydrogens (tertiary/aromatic N) is 1. The van der Waals surface area contributed by atoms with Gasteiger partial charge in [-0.05, 0) is 23.6 Å². The Morgan fingerprint density at radius 1 is 1.60 bits per heavy atom. The highest BCUT2D eigenvalue weighted by molar-refractivity contribution is 6.17. The van der Waals surface area contributed by atoms with Crippen LogP contribution in [0.5, 0.6) is 0 Å². The monoisotopic (exact) mass is 223 g/mol.